The molecule has 0 fully saturated rings. The minimum absolute atomic E-state index is 0.317. The molecule has 0 saturated heterocycles. The van der Waals surface area contributed by atoms with Gasteiger partial charge < -0.3 is 0 Å². The molecule has 0 aliphatic heterocycles. The Morgan fingerprint density at radius 1 is 0.333 bits per heavy atom. The van der Waals surface area contributed by atoms with E-state index >= 15 is 0 Å². The van der Waals surface area contributed by atoms with E-state index in [1.54, 1.807) is 0 Å². The first-order chi connectivity index (χ1) is 20.6. The molecule has 2 heteroatoms. The molecule has 6 aromatic carbocycles. The van der Waals surface area contributed by atoms with Crippen LogP contribution in [0.15, 0.2) is 170 Å². The lowest BCUT2D eigenvalue weighted by atomic mass is 9.77. The molecule has 6 rings (SSSR count). The molecule has 0 spiro atoms. The fourth-order valence-corrected chi connectivity index (χ4v) is 7.59. The molecule has 0 aliphatic carbocycles. The first-order valence-electron chi connectivity index (χ1n) is 14.5. The summed E-state index contributed by atoms with van der Waals surface area (Å²) in [6.07, 6.45) is 1.74. The van der Waals surface area contributed by atoms with Crippen molar-refractivity contribution in [3.05, 3.63) is 203 Å². The van der Waals surface area contributed by atoms with Gasteiger partial charge in [0.2, 0.25) is 0 Å². The van der Waals surface area contributed by atoms with Gasteiger partial charge in [0.25, 0.3) is 0 Å². The first kappa shape index (κ1) is 28.3. The molecule has 0 nitrogen and oxygen atoms in total. The molecule has 6 aromatic rings. The van der Waals surface area contributed by atoms with E-state index in [0.717, 1.165) is 12.8 Å². The molecule has 42 heavy (non-hydrogen) atoms. The maximum absolute atomic E-state index is 3.27. The highest BCUT2D eigenvalue weighted by Gasteiger charge is 2.35. The van der Waals surface area contributed by atoms with Crippen LogP contribution in [0.2, 0.25) is 0 Å². The Morgan fingerprint density at radius 3 is 0.976 bits per heavy atom. The van der Waals surface area contributed by atoms with E-state index in [-0.39, 0.29) is 10.3 Å². The van der Waals surface area contributed by atoms with Gasteiger partial charge in [-0.3, -0.25) is 0 Å². The molecule has 0 bridgehead atoms. The summed E-state index contributed by atoms with van der Waals surface area (Å²) in [6.45, 7) is 0. The van der Waals surface area contributed by atoms with E-state index in [1.165, 1.54) is 44.5 Å². The Morgan fingerprint density at radius 2 is 0.619 bits per heavy atom. The smallest absolute Gasteiger partial charge is 0.0390 e. The number of benzene rings is 6. The average molecular weight is 579 g/mol. The van der Waals surface area contributed by atoms with Gasteiger partial charge in [0.05, 0.1) is 0 Å². The summed E-state index contributed by atoms with van der Waals surface area (Å²) in [5.41, 5.74) is 10.3. The zero-order valence-electron chi connectivity index (χ0n) is 23.7. The predicted molar refractivity (Wildman–Crippen MR) is 186 cm³/mol. The van der Waals surface area contributed by atoms with Crippen LogP contribution in [-0.4, -0.2) is 0 Å². The van der Waals surface area contributed by atoms with Crippen LogP contribution in [0, 0.1) is 0 Å². The van der Waals surface area contributed by atoms with E-state index in [1.807, 2.05) is 0 Å². The number of hydrogen-bond acceptors (Lipinski definition) is 0. The lowest BCUT2D eigenvalue weighted by molar-refractivity contribution is 0.728. The van der Waals surface area contributed by atoms with Gasteiger partial charge in [0.1, 0.15) is 0 Å². The summed E-state index contributed by atoms with van der Waals surface area (Å²) in [6, 6.07) is 61.5. The third kappa shape index (κ3) is 5.76. The van der Waals surface area contributed by atoms with E-state index in [2.05, 4.69) is 188 Å². The third-order valence-corrected chi connectivity index (χ3v) is 10.0. The third-order valence-electron chi connectivity index (χ3n) is 8.33. The molecule has 0 amide bonds. The van der Waals surface area contributed by atoms with E-state index in [9.17, 15) is 0 Å². The topological polar surface area (TPSA) is 0 Å². The maximum Gasteiger partial charge on any atom is 0.0390 e. The van der Waals surface area contributed by atoms with Gasteiger partial charge in [-0.15, -0.1) is 18.5 Å². The van der Waals surface area contributed by atoms with Crippen molar-refractivity contribution in [3.8, 4) is 11.1 Å². The second-order valence-corrected chi connectivity index (χ2v) is 13.1. The summed E-state index contributed by atoms with van der Waals surface area (Å²) < 4.78 is 0. The Balaban J connectivity index is 1.56. The largest absolute Gasteiger partial charge is 0.121 e. The Bertz CT molecular complexity index is 1600. The van der Waals surface area contributed by atoms with Crippen LogP contribution < -0.4 is 0 Å². The molecule has 0 aliphatic rings. The number of rotatable bonds is 9. The van der Waals surface area contributed by atoms with Crippen molar-refractivity contribution in [2.75, 3.05) is 0 Å². The van der Waals surface area contributed by atoms with Crippen LogP contribution in [0.25, 0.3) is 11.1 Å². The molecule has 0 radical (unpaired) electrons. The molecule has 206 valence electrons. The molecule has 0 saturated carbocycles. The first-order valence-corrected chi connectivity index (χ1v) is 15.7. The Hall–Kier alpha value is -3.82. The van der Waals surface area contributed by atoms with Gasteiger partial charge in [-0.2, -0.15) is 0 Å². The van der Waals surface area contributed by atoms with Gasteiger partial charge >= 0.3 is 0 Å². The van der Waals surface area contributed by atoms with Crippen molar-refractivity contribution in [1.82, 2.24) is 0 Å². The lowest BCUT2D eigenvalue weighted by Gasteiger charge is -2.36. The van der Waals surface area contributed by atoms with Crippen molar-refractivity contribution in [2.45, 2.75) is 23.2 Å². The fourth-order valence-electron chi connectivity index (χ4n) is 6.23. The molecular formula is C40H36P2. The summed E-state index contributed by atoms with van der Waals surface area (Å²) >= 11 is 0. The quantitative estimate of drug-likeness (QED) is 0.150. The zero-order valence-corrected chi connectivity index (χ0v) is 26.0. The normalized spacial score (nSPS) is 14.0. The molecule has 0 heterocycles. The van der Waals surface area contributed by atoms with Crippen LogP contribution in [-0.2, 0) is 23.2 Å². The van der Waals surface area contributed by atoms with Crippen molar-refractivity contribution in [1.29, 1.82) is 0 Å². The van der Waals surface area contributed by atoms with Crippen LogP contribution in [0.3, 0.4) is 0 Å². The number of hydrogen-bond donors (Lipinski definition) is 0. The molecule has 0 aromatic heterocycles. The standard InChI is InChI=1S/C40H36P2/c41-39(33-21-9-3-10-22-33,29-31-17-5-1-6-18-31)37-27-15-13-25-35(37)36-26-14-16-28-38(36)40(42,34-23-11-4-12-24-34)30-32-19-7-2-8-20-32/h1-28H,29-30,41-42H2. The van der Waals surface area contributed by atoms with Gasteiger partial charge in [0.15, 0.2) is 0 Å². The minimum atomic E-state index is -0.317. The zero-order chi connectivity index (χ0) is 28.8. The highest BCUT2D eigenvalue weighted by Crippen LogP contribution is 2.50. The maximum atomic E-state index is 3.27. The summed E-state index contributed by atoms with van der Waals surface area (Å²) in [4.78, 5) is 0. The fraction of sp³-hybridized carbons (Fsp3) is 0.100. The molecular weight excluding hydrogens is 542 g/mol. The second-order valence-electron chi connectivity index (χ2n) is 11.1. The molecule has 4 atom stereocenters. The van der Waals surface area contributed by atoms with Crippen molar-refractivity contribution >= 4 is 18.5 Å². The predicted octanol–water partition coefficient (Wildman–Crippen LogP) is 10.1. The van der Waals surface area contributed by atoms with Crippen LogP contribution in [0.4, 0.5) is 0 Å². The van der Waals surface area contributed by atoms with Crippen molar-refractivity contribution in [2.24, 2.45) is 0 Å². The highest BCUT2D eigenvalue weighted by atomic mass is 31.0. The molecule has 4 unspecified atom stereocenters. The van der Waals surface area contributed by atoms with Crippen LogP contribution in [0.5, 0.6) is 0 Å². The van der Waals surface area contributed by atoms with Crippen LogP contribution >= 0.6 is 18.5 Å². The van der Waals surface area contributed by atoms with E-state index in [0.29, 0.717) is 0 Å². The van der Waals surface area contributed by atoms with Gasteiger partial charge in [-0.25, -0.2) is 0 Å². The van der Waals surface area contributed by atoms with Gasteiger partial charge in [0, 0.05) is 10.3 Å². The van der Waals surface area contributed by atoms with E-state index in [4.69, 9.17) is 0 Å². The van der Waals surface area contributed by atoms with Gasteiger partial charge in [-0.05, 0) is 57.3 Å². The Kier molecular flexibility index (Phi) is 8.48. The monoisotopic (exact) mass is 578 g/mol. The van der Waals surface area contributed by atoms with Crippen molar-refractivity contribution < 1.29 is 0 Å². The molecule has 0 N–H and O–H groups in total. The summed E-state index contributed by atoms with van der Waals surface area (Å²) in [5.74, 6) is 0. The SMILES string of the molecule is PC(Cc1ccccc1)(c1ccccc1)c1ccccc1-c1ccccc1C(P)(Cc1ccccc1)c1ccccc1. The summed E-state index contributed by atoms with van der Waals surface area (Å²) in [5, 5.41) is -0.635. The van der Waals surface area contributed by atoms with Gasteiger partial charge in [-0.1, -0.05) is 170 Å². The Labute approximate surface area is 255 Å². The minimum Gasteiger partial charge on any atom is -0.121 e. The summed E-state index contributed by atoms with van der Waals surface area (Å²) in [7, 11) is 6.55. The van der Waals surface area contributed by atoms with Crippen molar-refractivity contribution in [3.63, 3.8) is 0 Å². The van der Waals surface area contributed by atoms with E-state index < -0.39 is 0 Å². The second kappa shape index (κ2) is 12.6. The van der Waals surface area contributed by atoms with Crippen LogP contribution in [0.1, 0.15) is 33.4 Å². The average Bonchev–Trinajstić information content (AvgIpc) is 3.06. The highest BCUT2D eigenvalue weighted by molar-refractivity contribution is 7.19. The lowest BCUT2D eigenvalue weighted by Crippen LogP contribution is -2.26.